The lowest BCUT2D eigenvalue weighted by Crippen LogP contribution is -2.29. The van der Waals surface area contributed by atoms with Crippen LogP contribution >= 0.6 is 0 Å². The van der Waals surface area contributed by atoms with Crippen molar-refractivity contribution < 1.29 is 29.3 Å². The lowest BCUT2D eigenvalue weighted by Gasteiger charge is -2.18. The van der Waals surface area contributed by atoms with E-state index in [1.807, 2.05) is 0 Å². The molecule has 0 saturated heterocycles. The molecule has 1 rings (SSSR count). The zero-order valence-corrected chi connectivity index (χ0v) is 10.5. The zero-order valence-electron chi connectivity index (χ0n) is 10.5. The molecule has 104 valence electrons. The van der Waals surface area contributed by atoms with Crippen molar-refractivity contribution >= 4 is 17.6 Å². The normalized spacial score (nSPS) is 13.5. The van der Waals surface area contributed by atoms with Crippen LogP contribution in [0, 0.1) is 0 Å². The van der Waals surface area contributed by atoms with Crippen molar-refractivity contribution in [3.63, 3.8) is 0 Å². The number of esters is 2. The summed E-state index contributed by atoms with van der Waals surface area (Å²) in [5, 5.41) is 19.4. The first-order valence-corrected chi connectivity index (χ1v) is 5.34. The summed E-state index contributed by atoms with van der Waals surface area (Å²) in [6, 6.07) is 4.24. The van der Waals surface area contributed by atoms with E-state index in [2.05, 4.69) is 9.47 Å². The number of ether oxygens (including phenoxy) is 2. The Morgan fingerprint density at radius 3 is 2.37 bits per heavy atom. The molecule has 0 bridgehead atoms. The average Bonchev–Trinajstić information content (AvgIpc) is 2.44. The number of rotatable bonds is 4. The van der Waals surface area contributed by atoms with Gasteiger partial charge in [-0.15, -0.1) is 0 Å². The third-order valence-electron chi connectivity index (χ3n) is 2.61. The molecule has 0 amide bonds. The predicted octanol–water partition coefficient (Wildman–Crippen LogP) is -0.377. The summed E-state index contributed by atoms with van der Waals surface area (Å²) in [5.74, 6) is -1.69. The topological polar surface area (TPSA) is 119 Å². The summed E-state index contributed by atoms with van der Waals surface area (Å²) >= 11 is 0. The van der Waals surface area contributed by atoms with Gasteiger partial charge in [-0.05, 0) is 6.07 Å². The smallest absolute Gasteiger partial charge is 0.339 e. The molecule has 1 aromatic rings. The molecule has 0 saturated carbocycles. The minimum absolute atomic E-state index is 0.0381. The van der Waals surface area contributed by atoms with Gasteiger partial charge in [-0.25, -0.2) is 9.59 Å². The number of nitrogen functional groups attached to an aromatic ring is 1. The molecule has 7 heteroatoms. The second-order valence-corrected chi connectivity index (χ2v) is 3.71. The third kappa shape index (κ3) is 3.01. The highest BCUT2D eigenvalue weighted by atomic mass is 16.5. The number of carbonyl (C=O) groups is 2. The molecule has 0 heterocycles. The van der Waals surface area contributed by atoms with Crippen LogP contribution in [0.5, 0.6) is 0 Å². The maximum Gasteiger partial charge on any atom is 0.339 e. The summed E-state index contributed by atoms with van der Waals surface area (Å²) in [4.78, 5) is 22.6. The molecule has 0 aromatic heterocycles. The molecule has 2 atom stereocenters. The van der Waals surface area contributed by atoms with Gasteiger partial charge in [-0.3, -0.25) is 0 Å². The largest absolute Gasteiger partial charge is 0.467 e. The van der Waals surface area contributed by atoms with Gasteiger partial charge in [-0.1, -0.05) is 12.1 Å². The van der Waals surface area contributed by atoms with Crippen LogP contribution in [-0.2, 0) is 14.3 Å². The van der Waals surface area contributed by atoms with E-state index in [-0.39, 0.29) is 16.8 Å². The highest BCUT2D eigenvalue weighted by Crippen LogP contribution is 2.27. The standard InChI is InChI=1S/C12H15NO6/c1-18-11(16)7-5-3-4-6(8(7)13)9(14)10(15)12(17)19-2/h3-5,9-10,14-15H,13H2,1-2H3. The van der Waals surface area contributed by atoms with Gasteiger partial charge in [-0.2, -0.15) is 0 Å². The van der Waals surface area contributed by atoms with E-state index in [1.54, 1.807) is 0 Å². The first kappa shape index (κ1) is 14.9. The van der Waals surface area contributed by atoms with Crippen LogP contribution in [0.3, 0.4) is 0 Å². The highest BCUT2D eigenvalue weighted by Gasteiger charge is 2.29. The fourth-order valence-electron chi connectivity index (χ4n) is 1.55. The van der Waals surface area contributed by atoms with Crippen LogP contribution in [-0.4, -0.2) is 42.5 Å². The average molecular weight is 269 g/mol. The first-order valence-electron chi connectivity index (χ1n) is 5.34. The molecule has 4 N–H and O–H groups in total. The van der Waals surface area contributed by atoms with Crippen molar-refractivity contribution in [2.24, 2.45) is 0 Å². The molecule has 0 aliphatic heterocycles. The van der Waals surface area contributed by atoms with E-state index in [4.69, 9.17) is 5.73 Å². The Labute approximate surface area is 109 Å². The predicted molar refractivity (Wildman–Crippen MR) is 65.2 cm³/mol. The van der Waals surface area contributed by atoms with E-state index in [9.17, 15) is 19.8 Å². The van der Waals surface area contributed by atoms with Gasteiger partial charge in [0.25, 0.3) is 0 Å². The zero-order chi connectivity index (χ0) is 14.6. The van der Waals surface area contributed by atoms with Crippen molar-refractivity contribution in [2.45, 2.75) is 12.2 Å². The minimum Gasteiger partial charge on any atom is -0.467 e. The lowest BCUT2D eigenvalue weighted by molar-refractivity contribution is -0.156. The Bertz CT molecular complexity index is 487. The van der Waals surface area contributed by atoms with Gasteiger partial charge in [0.05, 0.1) is 25.5 Å². The molecule has 7 nitrogen and oxygen atoms in total. The summed E-state index contributed by atoms with van der Waals surface area (Å²) in [5.41, 5.74) is 5.73. The van der Waals surface area contributed by atoms with Gasteiger partial charge in [0, 0.05) is 5.56 Å². The summed E-state index contributed by atoms with van der Waals surface area (Å²) in [7, 11) is 2.26. The number of aliphatic hydroxyl groups is 2. The number of para-hydroxylation sites is 1. The van der Waals surface area contributed by atoms with Crippen molar-refractivity contribution in [1.29, 1.82) is 0 Å². The summed E-state index contributed by atoms with van der Waals surface area (Å²) < 4.78 is 8.84. The fraction of sp³-hybridized carbons (Fsp3) is 0.333. The van der Waals surface area contributed by atoms with E-state index < -0.39 is 24.1 Å². The Morgan fingerprint density at radius 1 is 1.21 bits per heavy atom. The van der Waals surface area contributed by atoms with Gasteiger partial charge < -0.3 is 25.4 Å². The molecule has 0 radical (unpaired) electrons. The Balaban J connectivity index is 3.14. The van der Waals surface area contributed by atoms with Gasteiger partial charge in [0.15, 0.2) is 6.10 Å². The number of hydrogen-bond acceptors (Lipinski definition) is 7. The molecule has 0 spiro atoms. The Hall–Kier alpha value is -2.12. The number of carbonyl (C=O) groups excluding carboxylic acids is 2. The molecule has 2 unspecified atom stereocenters. The van der Waals surface area contributed by atoms with E-state index in [0.29, 0.717) is 0 Å². The fourth-order valence-corrected chi connectivity index (χ4v) is 1.55. The summed E-state index contributed by atoms with van der Waals surface area (Å²) in [6.07, 6.45) is -3.39. The van der Waals surface area contributed by atoms with Gasteiger partial charge in [0.2, 0.25) is 0 Å². The number of aliphatic hydroxyl groups excluding tert-OH is 2. The molecular weight excluding hydrogens is 254 g/mol. The second-order valence-electron chi connectivity index (χ2n) is 3.71. The molecule has 0 fully saturated rings. The van der Waals surface area contributed by atoms with Gasteiger partial charge in [0.1, 0.15) is 6.10 Å². The quantitative estimate of drug-likeness (QED) is 0.503. The van der Waals surface area contributed by atoms with Crippen molar-refractivity contribution in [2.75, 3.05) is 20.0 Å². The van der Waals surface area contributed by atoms with Crippen LogP contribution in [0.2, 0.25) is 0 Å². The van der Waals surface area contributed by atoms with Crippen molar-refractivity contribution in [3.8, 4) is 0 Å². The van der Waals surface area contributed by atoms with Crippen LogP contribution in [0.25, 0.3) is 0 Å². The third-order valence-corrected chi connectivity index (χ3v) is 2.61. The highest BCUT2D eigenvalue weighted by molar-refractivity contribution is 5.96. The van der Waals surface area contributed by atoms with Crippen molar-refractivity contribution in [1.82, 2.24) is 0 Å². The number of nitrogens with two attached hydrogens (primary N) is 1. The molecule has 19 heavy (non-hydrogen) atoms. The van der Waals surface area contributed by atoms with Gasteiger partial charge >= 0.3 is 11.9 Å². The number of methoxy groups -OCH3 is 2. The lowest BCUT2D eigenvalue weighted by atomic mass is 9.99. The van der Waals surface area contributed by atoms with E-state index >= 15 is 0 Å². The maximum absolute atomic E-state index is 11.4. The molecule has 0 aliphatic rings. The van der Waals surface area contributed by atoms with E-state index in [1.165, 1.54) is 25.3 Å². The maximum atomic E-state index is 11.4. The van der Waals surface area contributed by atoms with Crippen molar-refractivity contribution in [3.05, 3.63) is 29.3 Å². The number of hydrogen-bond donors (Lipinski definition) is 3. The number of anilines is 1. The monoisotopic (exact) mass is 269 g/mol. The molecule has 1 aromatic carbocycles. The number of benzene rings is 1. The van der Waals surface area contributed by atoms with Crippen LogP contribution in [0.1, 0.15) is 22.0 Å². The van der Waals surface area contributed by atoms with Crippen LogP contribution in [0.15, 0.2) is 18.2 Å². The molecule has 0 aliphatic carbocycles. The Kier molecular flexibility index (Phi) is 4.85. The first-order chi connectivity index (χ1) is 8.93. The SMILES string of the molecule is COC(=O)c1cccc(C(O)C(O)C(=O)OC)c1N. The van der Waals surface area contributed by atoms with E-state index in [0.717, 1.165) is 7.11 Å². The van der Waals surface area contributed by atoms with Crippen LogP contribution < -0.4 is 5.73 Å². The van der Waals surface area contributed by atoms with Crippen LogP contribution in [0.4, 0.5) is 5.69 Å². The molecular formula is C12H15NO6. The summed E-state index contributed by atoms with van der Waals surface area (Å²) in [6.45, 7) is 0. The minimum atomic E-state index is -1.79. The second kappa shape index (κ2) is 6.17. The Morgan fingerprint density at radius 2 is 1.84 bits per heavy atom.